The molecule has 2 aliphatic rings. The lowest BCUT2D eigenvalue weighted by atomic mass is 10.0. The molecule has 0 aromatic carbocycles. The summed E-state index contributed by atoms with van der Waals surface area (Å²) in [6.07, 6.45) is 3.12. The number of piperazine rings is 1. The van der Waals surface area contributed by atoms with Gasteiger partial charge in [0, 0.05) is 49.8 Å². The molecule has 2 saturated heterocycles. The summed E-state index contributed by atoms with van der Waals surface area (Å²) in [6.45, 7) is 10.7. The highest BCUT2D eigenvalue weighted by atomic mass is 32.1. The van der Waals surface area contributed by atoms with Crippen molar-refractivity contribution in [1.29, 1.82) is 0 Å². The van der Waals surface area contributed by atoms with E-state index in [4.69, 9.17) is 4.74 Å². The maximum Gasteiger partial charge on any atom is 0.323 e. The van der Waals surface area contributed by atoms with Gasteiger partial charge in [0.25, 0.3) is 0 Å². The first kappa shape index (κ1) is 17.6. The number of amides is 2. The van der Waals surface area contributed by atoms with Crippen molar-refractivity contribution in [3.05, 3.63) is 10.6 Å². The van der Waals surface area contributed by atoms with Crippen LogP contribution >= 0.6 is 11.3 Å². The summed E-state index contributed by atoms with van der Waals surface area (Å²) in [4.78, 5) is 22.8. The highest BCUT2D eigenvalue weighted by Gasteiger charge is 2.32. The number of nitrogens with zero attached hydrogens (tertiary/aromatic N) is 3. The predicted octanol–water partition coefficient (Wildman–Crippen LogP) is 2.73. The van der Waals surface area contributed by atoms with Gasteiger partial charge in [-0.1, -0.05) is 6.92 Å². The number of hydrogen-bond acceptors (Lipinski definition) is 5. The largest absolute Gasteiger partial charge is 0.381 e. The molecule has 7 heteroatoms. The summed E-state index contributed by atoms with van der Waals surface area (Å²) in [7, 11) is 0. The quantitative estimate of drug-likeness (QED) is 0.909. The van der Waals surface area contributed by atoms with Crippen molar-refractivity contribution in [3.63, 3.8) is 0 Å². The zero-order chi connectivity index (χ0) is 17.1. The standard InChI is InChI=1S/C17H28N4O2S/c1-4-15-13(3)24-16(18-15)19-17(22)21-8-7-20(11-12(21)2)14-5-9-23-10-6-14/h12,14H,4-11H2,1-3H3,(H,18,19,22)/t12-/m1/s1. The summed E-state index contributed by atoms with van der Waals surface area (Å²) in [5.74, 6) is 0. The SMILES string of the molecule is CCc1nc(NC(=O)N2CCN(C3CCOCC3)C[C@H]2C)sc1C. The Morgan fingerprint density at radius 1 is 1.38 bits per heavy atom. The highest BCUT2D eigenvalue weighted by Crippen LogP contribution is 2.24. The number of ether oxygens (including phenoxy) is 1. The summed E-state index contributed by atoms with van der Waals surface area (Å²) >= 11 is 1.56. The monoisotopic (exact) mass is 352 g/mol. The second-order valence-corrected chi connectivity index (χ2v) is 7.89. The third-order valence-corrected chi connectivity index (χ3v) is 6.00. The van der Waals surface area contributed by atoms with Gasteiger partial charge in [-0.25, -0.2) is 9.78 Å². The summed E-state index contributed by atoms with van der Waals surface area (Å²) in [5.41, 5.74) is 1.08. The molecule has 0 bridgehead atoms. The number of urea groups is 1. The molecule has 2 fully saturated rings. The Labute approximate surface area is 148 Å². The smallest absolute Gasteiger partial charge is 0.323 e. The minimum Gasteiger partial charge on any atom is -0.381 e. The molecule has 0 saturated carbocycles. The molecule has 0 unspecified atom stereocenters. The first-order chi connectivity index (χ1) is 11.6. The molecule has 2 aliphatic heterocycles. The topological polar surface area (TPSA) is 57.7 Å². The van der Waals surface area contributed by atoms with E-state index in [2.05, 4.69) is 36.0 Å². The molecule has 0 radical (unpaired) electrons. The van der Waals surface area contributed by atoms with Crippen molar-refractivity contribution < 1.29 is 9.53 Å². The molecule has 6 nitrogen and oxygen atoms in total. The first-order valence-electron chi connectivity index (χ1n) is 8.94. The van der Waals surface area contributed by atoms with Gasteiger partial charge in [0.1, 0.15) is 0 Å². The Morgan fingerprint density at radius 2 is 2.12 bits per heavy atom. The van der Waals surface area contributed by atoms with Gasteiger partial charge in [-0.15, -0.1) is 11.3 Å². The number of carbonyl (C=O) groups is 1. The molecule has 0 aliphatic carbocycles. The maximum atomic E-state index is 12.6. The molecule has 1 N–H and O–H groups in total. The van der Waals surface area contributed by atoms with Gasteiger partial charge < -0.3 is 9.64 Å². The number of aryl methyl sites for hydroxylation is 2. The van der Waals surface area contributed by atoms with Crippen LogP contribution in [0.4, 0.5) is 9.93 Å². The van der Waals surface area contributed by atoms with Gasteiger partial charge in [-0.3, -0.25) is 10.2 Å². The van der Waals surface area contributed by atoms with Crippen LogP contribution in [-0.4, -0.2) is 65.7 Å². The van der Waals surface area contributed by atoms with E-state index in [0.29, 0.717) is 11.2 Å². The van der Waals surface area contributed by atoms with Gasteiger partial charge in [-0.2, -0.15) is 0 Å². The van der Waals surface area contributed by atoms with Crippen LogP contribution in [0.15, 0.2) is 0 Å². The third-order valence-electron chi connectivity index (χ3n) is 5.07. The molecule has 0 spiro atoms. The summed E-state index contributed by atoms with van der Waals surface area (Å²) < 4.78 is 5.46. The van der Waals surface area contributed by atoms with Gasteiger partial charge in [0.05, 0.1) is 5.69 Å². The Bertz CT molecular complexity index is 571. The van der Waals surface area contributed by atoms with Crippen LogP contribution in [-0.2, 0) is 11.2 Å². The van der Waals surface area contributed by atoms with E-state index in [9.17, 15) is 4.79 Å². The number of thiazole rings is 1. The van der Waals surface area contributed by atoms with Crippen molar-refractivity contribution in [2.45, 2.75) is 52.1 Å². The molecule has 2 amide bonds. The lowest BCUT2D eigenvalue weighted by molar-refractivity contribution is 0.00816. The number of anilines is 1. The van der Waals surface area contributed by atoms with E-state index in [1.54, 1.807) is 11.3 Å². The first-order valence-corrected chi connectivity index (χ1v) is 9.75. The van der Waals surface area contributed by atoms with Crippen LogP contribution in [0.1, 0.15) is 37.3 Å². The predicted molar refractivity (Wildman–Crippen MR) is 96.8 cm³/mol. The average Bonchev–Trinajstić information content (AvgIpc) is 2.94. The fourth-order valence-electron chi connectivity index (χ4n) is 3.64. The highest BCUT2D eigenvalue weighted by molar-refractivity contribution is 7.15. The fourth-order valence-corrected chi connectivity index (χ4v) is 4.53. The molecular weight excluding hydrogens is 324 g/mol. The van der Waals surface area contributed by atoms with Gasteiger partial charge in [0.15, 0.2) is 5.13 Å². The lowest BCUT2D eigenvalue weighted by Gasteiger charge is -2.44. The van der Waals surface area contributed by atoms with E-state index < -0.39 is 0 Å². The Kier molecular flexibility index (Phi) is 5.73. The molecule has 3 heterocycles. The molecule has 1 aromatic heterocycles. The van der Waals surface area contributed by atoms with Crippen LogP contribution < -0.4 is 5.32 Å². The zero-order valence-electron chi connectivity index (χ0n) is 14.9. The maximum absolute atomic E-state index is 12.6. The molecule has 1 aromatic rings. The number of carbonyl (C=O) groups excluding carboxylic acids is 1. The van der Waals surface area contributed by atoms with Crippen LogP contribution in [0.5, 0.6) is 0 Å². The van der Waals surface area contributed by atoms with Crippen LogP contribution in [0, 0.1) is 6.92 Å². The van der Waals surface area contributed by atoms with Crippen molar-refractivity contribution in [2.24, 2.45) is 0 Å². The van der Waals surface area contributed by atoms with Crippen molar-refractivity contribution >= 4 is 22.5 Å². The van der Waals surface area contributed by atoms with Crippen molar-refractivity contribution in [2.75, 3.05) is 38.2 Å². The Hall–Kier alpha value is -1.18. The van der Waals surface area contributed by atoms with Gasteiger partial charge in [-0.05, 0) is 33.1 Å². The van der Waals surface area contributed by atoms with Crippen LogP contribution in [0.2, 0.25) is 0 Å². The third kappa shape index (κ3) is 3.90. The lowest BCUT2D eigenvalue weighted by Crippen LogP contribution is -2.58. The Balaban J connectivity index is 1.56. The summed E-state index contributed by atoms with van der Waals surface area (Å²) in [6, 6.07) is 0.805. The van der Waals surface area contributed by atoms with Gasteiger partial charge in [0.2, 0.25) is 0 Å². The van der Waals surface area contributed by atoms with Crippen molar-refractivity contribution in [1.82, 2.24) is 14.8 Å². The number of aromatic nitrogens is 1. The zero-order valence-corrected chi connectivity index (χ0v) is 15.7. The number of nitrogens with one attached hydrogen (secondary N) is 1. The molecule has 134 valence electrons. The van der Waals surface area contributed by atoms with E-state index in [-0.39, 0.29) is 12.1 Å². The molecule has 1 atom stereocenters. The van der Waals surface area contributed by atoms with Gasteiger partial charge >= 0.3 is 6.03 Å². The second-order valence-electron chi connectivity index (χ2n) is 6.69. The minimum absolute atomic E-state index is 0.0227. The van der Waals surface area contributed by atoms with Crippen LogP contribution in [0.25, 0.3) is 0 Å². The van der Waals surface area contributed by atoms with E-state index in [1.165, 1.54) is 4.88 Å². The second kappa shape index (κ2) is 7.80. The number of rotatable bonds is 3. The molecule has 24 heavy (non-hydrogen) atoms. The van der Waals surface area contributed by atoms with E-state index in [0.717, 1.165) is 57.8 Å². The minimum atomic E-state index is -0.0227. The normalized spacial score (nSPS) is 23.5. The van der Waals surface area contributed by atoms with Crippen molar-refractivity contribution in [3.8, 4) is 0 Å². The fraction of sp³-hybridized carbons (Fsp3) is 0.765. The van der Waals surface area contributed by atoms with E-state index >= 15 is 0 Å². The average molecular weight is 353 g/mol. The molecule has 3 rings (SSSR count). The molecular formula is C17H28N4O2S. The van der Waals surface area contributed by atoms with Crippen LogP contribution in [0.3, 0.4) is 0 Å². The Morgan fingerprint density at radius 3 is 2.75 bits per heavy atom. The summed E-state index contributed by atoms with van der Waals surface area (Å²) in [5, 5.41) is 3.70. The number of hydrogen-bond donors (Lipinski definition) is 1. The van der Waals surface area contributed by atoms with E-state index in [1.807, 2.05) is 4.90 Å².